The normalized spacial score (nSPS) is 9.35. The molecule has 1 aromatic heterocycles. The van der Waals surface area contributed by atoms with Crippen molar-refractivity contribution in [2.24, 2.45) is 5.10 Å². The lowest BCUT2D eigenvalue weighted by Gasteiger charge is -1.99. The summed E-state index contributed by atoms with van der Waals surface area (Å²) in [4.78, 5) is 0. The summed E-state index contributed by atoms with van der Waals surface area (Å²) in [5.41, 5.74) is 3.89. The Kier molecular flexibility index (Phi) is 3.03. The molecule has 0 aliphatic rings. The minimum Gasteiger partial charge on any atom is -0.276 e. The number of aromatic amines is 1. The molecule has 0 aliphatic carbocycles. The number of aromatic nitrogens is 2. The smallest absolute Gasteiger partial charge is 0.237 e. The number of hydrogen-bond acceptors (Lipinski definition) is 5. The van der Waals surface area contributed by atoms with Gasteiger partial charge in [-0.2, -0.15) is 20.7 Å². The Bertz CT molecular complexity index is 656. The molecule has 0 saturated carbocycles. The molecule has 1 heterocycles. The van der Waals surface area contributed by atoms with E-state index in [-0.39, 0.29) is 5.71 Å². The Balaban J connectivity index is 2.32. The average molecular weight is 289 g/mol. The van der Waals surface area contributed by atoms with E-state index >= 15 is 0 Å². The highest BCUT2D eigenvalue weighted by Gasteiger charge is 2.03. The van der Waals surface area contributed by atoms with Gasteiger partial charge in [0, 0.05) is 5.39 Å². The van der Waals surface area contributed by atoms with Crippen molar-refractivity contribution in [3.63, 3.8) is 0 Å². The Labute approximate surface area is 105 Å². The van der Waals surface area contributed by atoms with Gasteiger partial charge in [-0.3, -0.25) is 10.5 Å². The van der Waals surface area contributed by atoms with Crippen molar-refractivity contribution >= 4 is 38.2 Å². The van der Waals surface area contributed by atoms with Crippen LogP contribution in [0.1, 0.15) is 0 Å². The van der Waals surface area contributed by atoms with Crippen molar-refractivity contribution < 1.29 is 0 Å². The van der Waals surface area contributed by atoms with Crippen molar-refractivity contribution in [3.8, 4) is 12.1 Å². The summed E-state index contributed by atoms with van der Waals surface area (Å²) in [5.74, 6) is 0. The van der Waals surface area contributed by atoms with Crippen molar-refractivity contribution in [2.75, 3.05) is 5.43 Å². The van der Waals surface area contributed by atoms with Gasteiger partial charge in [-0.05, 0) is 34.1 Å². The summed E-state index contributed by atoms with van der Waals surface area (Å²) < 4.78 is 0.765. The third-order valence-corrected chi connectivity index (χ3v) is 2.62. The van der Waals surface area contributed by atoms with Gasteiger partial charge in [-0.15, -0.1) is 0 Å². The zero-order valence-corrected chi connectivity index (χ0v) is 9.98. The van der Waals surface area contributed by atoms with E-state index in [1.165, 1.54) is 0 Å². The third-order valence-electron chi connectivity index (χ3n) is 2.02. The summed E-state index contributed by atoms with van der Waals surface area (Å²) in [6, 6.07) is 8.69. The Morgan fingerprint density at radius 3 is 2.88 bits per heavy atom. The maximum absolute atomic E-state index is 8.52. The van der Waals surface area contributed by atoms with Gasteiger partial charge in [0.05, 0.1) is 11.2 Å². The average Bonchev–Trinajstić information content (AvgIpc) is 2.72. The van der Waals surface area contributed by atoms with Crippen LogP contribution in [-0.2, 0) is 0 Å². The van der Waals surface area contributed by atoms with E-state index in [4.69, 9.17) is 10.5 Å². The van der Waals surface area contributed by atoms with Crippen molar-refractivity contribution in [2.45, 2.75) is 0 Å². The summed E-state index contributed by atoms with van der Waals surface area (Å²) in [6.07, 6.45) is 0. The molecule has 0 fully saturated rings. The molecule has 0 radical (unpaired) electrons. The number of nitrogens with zero attached hydrogens (tertiary/aromatic N) is 4. The van der Waals surface area contributed by atoms with Crippen LogP contribution in [0, 0.1) is 22.7 Å². The van der Waals surface area contributed by atoms with Crippen LogP contribution < -0.4 is 5.43 Å². The van der Waals surface area contributed by atoms with Crippen molar-refractivity contribution in [1.29, 1.82) is 10.5 Å². The summed E-state index contributed by atoms with van der Waals surface area (Å²) in [6.45, 7) is 0. The molecular weight excluding hydrogens is 284 g/mol. The number of H-pyrrole nitrogens is 1. The molecule has 0 saturated heterocycles. The van der Waals surface area contributed by atoms with Gasteiger partial charge in [0.25, 0.3) is 0 Å². The summed E-state index contributed by atoms with van der Waals surface area (Å²) in [7, 11) is 0. The number of halogens is 1. The molecule has 0 amide bonds. The van der Waals surface area contributed by atoms with Gasteiger partial charge in [-0.1, -0.05) is 0 Å². The van der Waals surface area contributed by atoms with Gasteiger partial charge in [0.1, 0.15) is 16.7 Å². The molecular formula is C10H5BrN6. The second-order valence-corrected chi connectivity index (χ2v) is 3.86. The molecule has 1 aromatic carbocycles. The molecule has 7 heteroatoms. The molecule has 2 rings (SSSR count). The molecule has 0 atom stereocenters. The lowest BCUT2D eigenvalue weighted by molar-refractivity contribution is 1.10. The minimum absolute atomic E-state index is 0.226. The molecule has 0 bridgehead atoms. The number of nitrogens with one attached hydrogen (secondary N) is 2. The number of anilines is 1. The van der Waals surface area contributed by atoms with E-state index in [9.17, 15) is 0 Å². The second kappa shape index (κ2) is 4.64. The van der Waals surface area contributed by atoms with E-state index in [0.29, 0.717) is 5.69 Å². The highest BCUT2D eigenvalue weighted by Crippen LogP contribution is 2.24. The predicted molar refractivity (Wildman–Crippen MR) is 66.1 cm³/mol. The van der Waals surface area contributed by atoms with E-state index < -0.39 is 0 Å². The number of rotatable bonds is 2. The summed E-state index contributed by atoms with van der Waals surface area (Å²) in [5, 5.41) is 28.4. The number of hydrogen-bond donors (Lipinski definition) is 2. The van der Waals surface area contributed by atoms with Gasteiger partial charge >= 0.3 is 0 Å². The van der Waals surface area contributed by atoms with Crippen LogP contribution in [-0.4, -0.2) is 15.9 Å². The van der Waals surface area contributed by atoms with Crippen LogP contribution >= 0.6 is 15.9 Å². The SMILES string of the molecule is N#CC(C#N)=NNc1ccc2n[nH]c(Br)c2c1. The molecule has 17 heavy (non-hydrogen) atoms. The Morgan fingerprint density at radius 2 is 2.18 bits per heavy atom. The molecule has 0 aliphatic heterocycles. The van der Waals surface area contributed by atoms with E-state index in [1.54, 1.807) is 30.3 Å². The minimum atomic E-state index is -0.226. The first-order valence-corrected chi connectivity index (χ1v) is 5.31. The van der Waals surface area contributed by atoms with Gasteiger partial charge < -0.3 is 0 Å². The van der Waals surface area contributed by atoms with Crippen LogP contribution in [0.2, 0.25) is 0 Å². The zero-order valence-electron chi connectivity index (χ0n) is 8.40. The number of hydrazone groups is 1. The molecule has 6 nitrogen and oxygen atoms in total. The molecule has 2 N–H and O–H groups in total. The third kappa shape index (κ3) is 2.25. The van der Waals surface area contributed by atoms with E-state index in [1.807, 2.05) is 0 Å². The predicted octanol–water partition coefficient (Wildman–Crippen LogP) is 2.14. The van der Waals surface area contributed by atoms with Crippen LogP contribution in [0.3, 0.4) is 0 Å². The van der Waals surface area contributed by atoms with Gasteiger partial charge in [0.15, 0.2) is 0 Å². The molecule has 0 spiro atoms. The standard InChI is InChI=1S/C10H5BrN6/c11-10-8-3-6(1-2-9(8)16-17-10)14-15-7(4-12)5-13/h1-3,14H,(H,16,17). The molecule has 0 unspecified atom stereocenters. The van der Waals surface area contributed by atoms with E-state index in [0.717, 1.165) is 15.5 Å². The van der Waals surface area contributed by atoms with Crippen LogP contribution in [0.15, 0.2) is 27.9 Å². The lowest BCUT2D eigenvalue weighted by Crippen LogP contribution is -1.95. The fourth-order valence-electron chi connectivity index (χ4n) is 1.24. The highest BCUT2D eigenvalue weighted by atomic mass is 79.9. The number of benzene rings is 1. The highest BCUT2D eigenvalue weighted by molar-refractivity contribution is 9.10. The van der Waals surface area contributed by atoms with Gasteiger partial charge in [0.2, 0.25) is 5.71 Å². The molecule has 82 valence electrons. The Morgan fingerprint density at radius 1 is 1.41 bits per heavy atom. The largest absolute Gasteiger partial charge is 0.276 e. The summed E-state index contributed by atoms with van der Waals surface area (Å²) >= 11 is 3.32. The maximum Gasteiger partial charge on any atom is 0.237 e. The first-order valence-electron chi connectivity index (χ1n) is 4.52. The first-order chi connectivity index (χ1) is 8.24. The first kappa shape index (κ1) is 11.1. The van der Waals surface area contributed by atoms with Crippen molar-refractivity contribution in [1.82, 2.24) is 10.2 Å². The lowest BCUT2D eigenvalue weighted by atomic mass is 10.2. The topological polar surface area (TPSA) is 101 Å². The quantitative estimate of drug-likeness (QED) is 0.653. The van der Waals surface area contributed by atoms with Crippen LogP contribution in [0.4, 0.5) is 5.69 Å². The monoisotopic (exact) mass is 288 g/mol. The maximum atomic E-state index is 8.52. The van der Waals surface area contributed by atoms with Crippen molar-refractivity contribution in [3.05, 3.63) is 22.8 Å². The zero-order chi connectivity index (χ0) is 12.3. The fraction of sp³-hybridized carbons (Fsp3) is 0. The number of fused-ring (bicyclic) bond motifs is 1. The van der Waals surface area contributed by atoms with Crippen LogP contribution in [0.5, 0.6) is 0 Å². The van der Waals surface area contributed by atoms with E-state index in [2.05, 4.69) is 36.7 Å². The second-order valence-electron chi connectivity index (χ2n) is 3.07. The number of nitriles is 2. The van der Waals surface area contributed by atoms with Crippen LogP contribution in [0.25, 0.3) is 10.9 Å². The van der Waals surface area contributed by atoms with Gasteiger partial charge in [-0.25, -0.2) is 0 Å². The fourth-order valence-corrected chi connectivity index (χ4v) is 1.65. The molecule has 2 aromatic rings. The Hall–Kier alpha value is -2.38.